The van der Waals surface area contributed by atoms with Crippen molar-refractivity contribution in [3.63, 3.8) is 0 Å². The predicted octanol–water partition coefficient (Wildman–Crippen LogP) is 0.0366. The van der Waals surface area contributed by atoms with E-state index in [-0.39, 0.29) is 17.3 Å². The Morgan fingerprint density at radius 3 is 2.60 bits per heavy atom. The molecule has 1 rings (SSSR count). The van der Waals surface area contributed by atoms with Crippen LogP contribution in [0.25, 0.3) is 0 Å². The van der Waals surface area contributed by atoms with Crippen molar-refractivity contribution >= 4 is 5.95 Å². The largest absolute Gasteiger partial charge is 0.383 e. The lowest BCUT2D eigenvalue weighted by molar-refractivity contribution is 0.899. The van der Waals surface area contributed by atoms with Gasteiger partial charge in [-0.25, -0.2) is 20.8 Å². The average molecular weight is 202 g/mol. The van der Waals surface area contributed by atoms with E-state index in [0.717, 1.165) is 5.01 Å². The molecule has 0 spiro atoms. The molecule has 0 aliphatic heterocycles. The minimum absolute atomic E-state index is 0.0544. The van der Waals surface area contributed by atoms with E-state index < -0.39 is 0 Å². The summed E-state index contributed by atoms with van der Waals surface area (Å²) in [4.78, 5) is 7.77. The normalized spacial score (nSPS) is 11.2. The minimum Gasteiger partial charge on any atom is -0.383 e. The number of aromatic nitrogens is 2. The van der Waals surface area contributed by atoms with E-state index in [2.05, 4.69) is 16.5 Å². The van der Waals surface area contributed by atoms with E-state index in [1.165, 1.54) is 18.5 Å². The maximum Gasteiger partial charge on any atom is 0.245 e. The smallest absolute Gasteiger partial charge is 0.245 e. The van der Waals surface area contributed by atoms with Crippen molar-refractivity contribution in [2.24, 2.45) is 11.6 Å². The monoisotopic (exact) mass is 202 g/mol. The van der Waals surface area contributed by atoms with Gasteiger partial charge in [-0.1, -0.05) is 6.58 Å². The van der Waals surface area contributed by atoms with Crippen molar-refractivity contribution in [1.29, 1.82) is 5.26 Å². The number of anilines is 1. The molecule has 0 saturated carbocycles. The summed E-state index contributed by atoms with van der Waals surface area (Å²) in [6, 6.07) is 3.51. The summed E-state index contributed by atoms with van der Waals surface area (Å²) in [5, 5.41) is 9.74. The maximum absolute atomic E-state index is 8.71. The van der Waals surface area contributed by atoms with Crippen molar-refractivity contribution in [2.45, 2.75) is 0 Å². The van der Waals surface area contributed by atoms with Gasteiger partial charge in [-0.05, 0) is 12.1 Å². The summed E-state index contributed by atoms with van der Waals surface area (Å²) < 4.78 is 0. The molecule has 4 N–H and O–H groups in total. The Bertz CT molecular complexity index is 416. The van der Waals surface area contributed by atoms with Crippen LogP contribution in [0.5, 0.6) is 0 Å². The highest BCUT2D eigenvalue weighted by atomic mass is 15.5. The molecule has 1 aromatic rings. The van der Waals surface area contributed by atoms with E-state index in [0.29, 0.717) is 0 Å². The van der Waals surface area contributed by atoms with Crippen molar-refractivity contribution in [1.82, 2.24) is 9.97 Å². The zero-order valence-electron chi connectivity index (χ0n) is 7.96. The van der Waals surface area contributed by atoms with Crippen LogP contribution in [0.2, 0.25) is 0 Å². The Morgan fingerprint density at radius 1 is 1.53 bits per heavy atom. The molecule has 0 aromatic carbocycles. The Kier molecular flexibility index (Phi) is 3.38. The van der Waals surface area contributed by atoms with Crippen LogP contribution in [-0.4, -0.2) is 9.97 Å². The first kappa shape index (κ1) is 10.7. The van der Waals surface area contributed by atoms with Gasteiger partial charge in [0.2, 0.25) is 5.95 Å². The number of nitrogens with zero attached hydrogens (tertiary/aromatic N) is 4. The molecular weight excluding hydrogens is 192 g/mol. The van der Waals surface area contributed by atoms with Crippen LogP contribution in [0.15, 0.2) is 42.5 Å². The topological polar surface area (TPSA) is 105 Å². The zero-order valence-corrected chi connectivity index (χ0v) is 7.96. The summed E-state index contributed by atoms with van der Waals surface area (Å²) in [5.41, 5.74) is 5.79. The highest BCUT2D eigenvalue weighted by Crippen LogP contribution is 2.08. The number of hydrogen-bond donors (Lipinski definition) is 2. The van der Waals surface area contributed by atoms with E-state index in [1.54, 1.807) is 6.07 Å². The molecule has 1 heterocycles. The summed E-state index contributed by atoms with van der Waals surface area (Å²) in [7, 11) is 0. The fourth-order valence-electron chi connectivity index (χ4n) is 0.861. The number of rotatable bonds is 3. The lowest BCUT2D eigenvalue weighted by Gasteiger charge is -2.16. The van der Waals surface area contributed by atoms with Crippen molar-refractivity contribution in [2.75, 3.05) is 5.01 Å². The van der Waals surface area contributed by atoms with Gasteiger partial charge in [0.25, 0.3) is 0 Å². The first-order chi connectivity index (χ1) is 7.20. The van der Waals surface area contributed by atoms with Gasteiger partial charge < -0.3 is 5.73 Å². The first-order valence-corrected chi connectivity index (χ1v) is 4.04. The standard InChI is InChI=1S/C9H10N6/c1-2-7(6-10)8(11)15(12)9-13-4-3-5-14-9/h2-5H,1,11-12H2/b8-7+. The minimum atomic E-state index is 0.0544. The SMILES string of the molecule is C=C/C(C#N)=C(/N)N(N)c1ncccn1. The molecule has 0 amide bonds. The van der Waals surface area contributed by atoms with Crippen LogP contribution in [0.4, 0.5) is 5.95 Å². The van der Waals surface area contributed by atoms with Gasteiger partial charge in [-0.2, -0.15) is 5.26 Å². The molecule has 0 atom stereocenters. The van der Waals surface area contributed by atoms with Crippen molar-refractivity contribution in [3.05, 3.63) is 42.5 Å². The molecule has 76 valence electrons. The van der Waals surface area contributed by atoms with Crippen LogP contribution in [0.1, 0.15) is 0 Å². The highest BCUT2D eigenvalue weighted by molar-refractivity contribution is 5.45. The Balaban J connectivity index is 3.06. The number of allylic oxidation sites excluding steroid dienone is 2. The number of hydrogen-bond acceptors (Lipinski definition) is 6. The molecule has 0 unspecified atom stereocenters. The fraction of sp³-hybridized carbons (Fsp3) is 0. The quantitative estimate of drug-likeness (QED) is 0.310. The molecule has 0 fully saturated rings. The highest BCUT2D eigenvalue weighted by Gasteiger charge is 2.10. The van der Waals surface area contributed by atoms with Gasteiger partial charge >= 0.3 is 0 Å². The second-order valence-electron chi connectivity index (χ2n) is 2.53. The van der Waals surface area contributed by atoms with Crippen LogP contribution < -0.4 is 16.6 Å². The van der Waals surface area contributed by atoms with Gasteiger partial charge in [0.05, 0.1) is 5.57 Å². The molecule has 6 nitrogen and oxygen atoms in total. The summed E-state index contributed by atoms with van der Waals surface area (Å²) in [6.45, 7) is 3.45. The van der Waals surface area contributed by atoms with Gasteiger partial charge in [-0.3, -0.25) is 0 Å². The lowest BCUT2D eigenvalue weighted by atomic mass is 10.3. The van der Waals surface area contributed by atoms with E-state index in [4.69, 9.17) is 16.8 Å². The van der Waals surface area contributed by atoms with Crippen molar-refractivity contribution in [3.8, 4) is 6.07 Å². The fourth-order valence-corrected chi connectivity index (χ4v) is 0.861. The van der Waals surface area contributed by atoms with Gasteiger partial charge in [0, 0.05) is 12.4 Å². The predicted molar refractivity (Wildman–Crippen MR) is 55.7 cm³/mol. The molecule has 0 bridgehead atoms. The Hall–Kier alpha value is -2.39. The maximum atomic E-state index is 8.71. The third-order valence-corrected chi connectivity index (χ3v) is 1.63. The molecule has 0 aliphatic carbocycles. The summed E-state index contributed by atoms with van der Waals surface area (Å²) in [5.74, 6) is 5.88. The molecular formula is C9H10N6. The Morgan fingerprint density at radius 2 is 2.13 bits per heavy atom. The molecule has 15 heavy (non-hydrogen) atoms. The van der Waals surface area contributed by atoms with Crippen LogP contribution >= 0.6 is 0 Å². The van der Waals surface area contributed by atoms with Crippen LogP contribution in [0, 0.1) is 11.3 Å². The third kappa shape index (κ3) is 2.30. The average Bonchev–Trinajstić information content (AvgIpc) is 2.30. The first-order valence-electron chi connectivity index (χ1n) is 4.04. The van der Waals surface area contributed by atoms with E-state index in [1.807, 2.05) is 6.07 Å². The van der Waals surface area contributed by atoms with E-state index in [9.17, 15) is 0 Å². The summed E-state index contributed by atoms with van der Waals surface area (Å²) >= 11 is 0. The van der Waals surface area contributed by atoms with Crippen molar-refractivity contribution < 1.29 is 0 Å². The van der Waals surface area contributed by atoms with Gasteiger partial charge in [-0.15, -0.1) is 0 Å². The molecule has 6 heteroatoms. The lowest BCUT2D eigenvalue weighted by Crippen LogP contribution is -2.36. The Labute approximate surface area is 87.1 Å². The zero-order chi connectivity index (χ0) is 11.3. The molecule has 0 aliphatic rings. The second-order valence-corrected chi connectivity index (χ2v) is 2.53. The summed E-state index contributed by atoms with van der Waals surface area (Å²) in [6.07, 6.45) is 4.36. The molecule has 0 saturated heterocycles. The molecule has 1 aromatic heterocycles. The third-order valence-electron chi connectivity index (χ3n) is 1.63. The van der Waals surface area contributed by atoms with Crippen LogP contribution in [0.3, 0.4) is 0 Å². The van der Waals surface area contributed by atoms with Gasteiger partial charge in [0.15, 0.2) is 0 Å². The van der Waals surface area contributed by atoms with Crippen LogP contribution in [-0.2, 0) is 0 Å². The number of nitrogens with two attached hydrogens (primary N) is 2. The number of hydrazine groups is 1. The second kappa shape index (κ2) is 4.74. The molecule has 0 radical (unpaired) electrons. The van der Waals surface area contributed by atoms with Gasteiger partial charge in [0.1, 0.15) is 11.9 Å². The van der Waals surface area contributed by atoms with E-state index >= 15 is 0 Å². The number of nitriles is 1.